The second kappa shape index (κ2) is 11.5. The van der Waals surface area contributed by atoms with Crippen molar-refractivity contribution in [3.05, 3.63) is 73.8 Å². The van der Waals surface area contributed by atoms with Gasteiger partial charge in [0.2, 0.25) is 11.8 Å². The minimum absolute atomic E-state index is 0.0198. The van der Waals surface area contributed by atoms with Gasteiger partial charge >= 0.3 is 11.4 Å². The number of anilines is 2. The molecule has 2 heterocycles. The Morgan fingerprint density at radius 2 is 1.58 bits per heavy atom. The maximum atomic E-state index is 14.3. The van der Waals surface area contributed by atoms with Gasteiger partial charge in [0.15, 0.2) is 15.4 Å². The Hall–Kier alpha value is -4.60. The lowest BCUT2D eigenvalue weighted by molar-refractivity contribution is -0.392. The number of allylic oxidation sites excluding steroid dienone is 2. The number of alkyl halides is 2. The largest absolute Gasteiger partial charge is 0.491 e. The number of nitro groups is 2. The highest BCUT2D eigenvalue weighted by molar-refractivity contribution is 6.53. The summed E-state index contributed by atoms with van der Waals surface area (Å²) in [6, 6.07) is 8.39. The number of hydrogen-bond donors (Lipinski definition) is 1. The van der Waals surface area contributed by atoms with E-state index in [2.05, 4.69) is 0 Å². The Labute approximate surface area is 282 Å². The van der Waals surface area contributed by atoms with Gasteiger partial charge in [0.05, 0.1) is 34.0 Å². The Kier molecular flexibility index (Phi) is 8.00. The molecule has 2 aromatic rings. The van der Waals surface area contributed by atoms with Crippen molar-refractivity contribution in [1.29, 1.82) is 0 Å². The van der Waals surface area contributed by atoms with Crippen LogP contribution in [0, 0.1) is 38.0 Å². The van der Waals surface area contributed by atoms with E-state index in [1.807, 2.05) is 0 Å². The molecule has 0 spiro atoms. The summed E-state index contributed by atoms with van der Waals surface area (Å²) in [5.74, 6) is -6.58. The molecule has 4 amide bonds. The third kappa shape index (κ3) is 4.51. The molecule has 6 atom stereocenters. The molecule has 252 valence electrons. The van der Waals surface area contributed by atoms with Gasteiger partial charge in [0, 0.05) is 39.2 Å². The highest BCUT2D eigenvalue weighted by Crippen LogP contribution is 2.65. The second-order valence-electron chi connectivity index (χ2n) is 12.4. The molecule has 2 saturated heterocycles. The Balaban J connectivity index is 1.47. The zero-order valence-corrected chi connectivity index (χ0v) is 27.3. The van der Waals surface area contributed by atoms with Crippen LogP contribution >= 0.6 is 23.2 Å². The number of ether oxygens (including phenoxy) is 1. The number of aliphatic hydroxyl groups excluding tert-OH is 1. The highest BCUT2D eigenvalue weighted by Gasteiger charge is 2.75. The number of aliphatic hydroxyl groups is 1. The Bertz CT molecular complexity index is 1800. The summed E-state index contributed by atoms with van der Waals surface area (Å²) in [4.78, 5) is 76.8. The first kappa shape index (κ1) is 33.3. The minimum atomic E-state index is -2.03. The standard InChI is InChI=1S/C31H29Cl2N5O10/c1-34(2)25-21(37(44)45)12-16(13-22(25)38(46)47)36-26(40)19-9-8-18-20(23(19)27(36)41)14-30(32)28(42)35(3)29(43)31(30,33)24(18)15-4-6-17(7-5-15)48-11-10-39/h4-8,12-13,19-20,23-24,39H,9-11,14H2,1-3H3/t19-,20+,23-,24-,30+,31-/m0/s1. The van der Waals surface area contributed by atoms with Gasteiger partial charge in [-0.15, -0.1) is 23.2 Å². The number of halogens is 2. The molecule has 17 heteroatoms. The van der Waals surface area contributed by atoms with E-state index in [9.17, 15) is 39.4 Å². The van der Waals surface area contributed by atoms with Gasteiger partial charge < -0.3 is 14.7 Å². The number of likely N-dealkylation sites (tertiary alicyclic amines) is 1. The molecule has 4 aliphatic rings. The summed E-state index contributed by atoms with van der Waals surface area (Å²) in [6.45, 7) is -0.174. The number of carbonyl (C=O) groups is 4. The van der Waals surface area contributed by atoms with E-state index in [1.54, 1.807) is 30.3 Å². The summed E-state index contributed by atoms with van der Waals surface area (Å²) >= 11 is 14.3. The number of fused-ring (bicyclic) bond motifs is 4. The normalized spacial score (nSPS) is 29.3. The fourth-order valence-corrected chi connectivity index (χ4v) is 8.77. The van der Waals surface area contributed by atoms with E-state index in [0.29, 0.717) is 16.9 Å². The maximum Gasteiger partial charge on any atom is 0.301 e. The van der Waals surface area contributed by atoms with Crippen molar-refractivity contribution in [1.82, 2.24) is 4.90 Å². The van der Waals surface area contributed by atoms with Crippen LogP contribution < -0.4 is 14.5 Å². The first-order chi connectivity index (χ1) is 22.6. The first-order valence-corrected chi connectivity index (χ1v) is 15.6. The molecule has 48 heavy (non-hydrogen) atoms. The third-order valence-corrected chi connectivity index (χ3v) is 11.2. The van der Waals surface area contributed by atoms with E-state index >= 15 is 0 Å². The van der Waals surface area contributed by atoms with Gasteiger partial charge in [-0.05, 0) is 36.5 Å². The molecule has 1 N–H and O–H groups in total. The molecular formula is C31H29Cl2N5O10. The number of amides is 4. The van der Waals surface area contributed by atoms with Crippen molar-refractivity contribution in [3.63, 3.8) is 0 Å². The van der Waals surface area contributed by atoms with Crippen LogP contribution in [-0.4, -0.2) is 87.6 Å². The van der Waals surface area contributed by atoms with Crippen LogP contribution in [-0.2, 0) is 19.2 Å². The van der Waals surface area contributed by atoms with Crippen LogP contribution in [0.25, 0.3) is 0 Å². The van der Waals surface area contributed by atoms with Crippen molar-refractivity contribution >= 4 is 69.6 Å². The summed E-state index contributed by atoms with van der Waals surface area (Å²) < 4.78 is 5.47. The fraction of sp³-hybridized carbons (Fsp3) is 0.419. The minimum Gasteiger partial charge on any atom is -0.491 e. The summed E-state index contributed by atoms with van der Waals surface area (Å²) in [6.07, 6.45) is 1.46. The Morgan fingerprint density at radius 1 is 0.979 bits per heavy atom. The molecule has 0 bridgehead atoms. The summed E-state index contributed by atoms with van der Waals surface area (Å²) in [5.41, 5.74) is -0.995. The molecule has 0 unspecified atom stereocenters. The second-order valence-corrected chi connectivity index (χ2v) is 13.6. The summed E-state index contributed by atoms with van der Waals surface area (Å²) in [5, 5.41) is 33.2. The number of hydrogen-bond acceptors (Lipinski definition) is 11. The SMILES string of the molecule is CN1C(=O)[C@]2(Cl)C[C@@H]3C(=CC[C@@H]4C(=O)N(c5cc([N+](=O)[O-])c(N(C)C)c([N+](=O)[O-])c5)C(=O)[C@@H]43)[C@H](c3ccc(OCCO)cc3)[C@]2(Cl)C1=O. The van der Waals surface area contributed by atoms with Crippen LogP contribution in [0.4, 0.5) is 22.7 Å². The number of nitro benzene ring substituents is 2. The lowest BCUT2D eigenvalue weighted by atomic mass is 9.56. The molecule has 6 rings (SSSR count). The van der Waals surface area contributed by atoms with Gasteiger partial charge in [-0.1, -0.05) is 23.8 Å². The molecule has 2 aromatic carbocycles. The van der Waals surface area contributed by atoms with Crippen molar-refractivity contribution < 1.29 is 38.9 Å². The van der Waals surface area contributed by atoms with E-state index in [0.717, 1.165) is 21.9 Å². The van der Waals surface area contributed by atoms with Gasteiger partial charge in [-0.3, -0.25) is 44.3 Å². The molecule has 0 aromatic heterocycles. The molecule has 2 aliphatic heterocycles. The Morgan fingerprint density at radius 3 is 2.12 bits per heavy atom. The summed E-state index contributed by atoms with van der Waals surface area (Å²) in [7, 11) is 4.05. The topological polar surface area (TPSA) is 194 Å². The molecule has 15 nitrogen and oxygen atoms in total. The molecule has 0 radical (unpaired) electrons. The van der Waals surface area contributed by atoms with Crippen molar-refractivity contribution in [2.24, 2.45) is 17.8 Å². The molecular weight excluding hydrogens is 673 g/mol. The maximum absolute atomic E-state index is 14.3. The quantitative estimate of drug-likeness (QED) is 0.140. The molecule has 2 aliphatic carbocycles. The predicted octanol–water partition coefficient (Wildman–Crippen LogP) is 3.13. The van der Waals surface area contributed by atoms with Gasteiger partial charge in [-0.25, -0.2) is 4.90 Å². The molecule has 3 fully saturated rings. The van der Waals surface area contributed by atoms with E-state index in [1.165, 1.54) is 26.0 Å². The van der Waals surface area contributed by atoms with Crippen molar-refractivity contribution in [2.75, 3.05) is 44.2 Å². The first-order valence-electron chi connectivity index (χ1n) is 14.9. The van der Waals surface area contributed by atoms with E-state index < -0.39 is 78.3 Å². The van der Waals surface area contributed by atoms with Gasteiger partial charge in [-0.2, -0.15) is 0 Å². The van der Waals surface area contributed by atoms with Crippen molar-refractivity contribution in [2.45, 2.75) is 28.5 Å². The number of benzene rings is 2. The highest BCUT2D eigenvalue weighted by atomic mass is 35.5. The zero-order chi connectivity index (χ0) is 35.0. The average Bonchev–Trinajstić information content (AvgIpc) is 3.38. The number of imide groups is 2. The van der Waals surface area contributed by atoms with Crippen LogP contribution in [0.3, 0.4) is 0 Å². The predicted molar refractivity (Wildman–Crippen MR) is 171 cm³/mol. The number of carbonyl (C=O) groups excluding carboxylic acids is 4. The van der Waals surface area contributed by atoms with E-state index in [4.69, 9.17) is 33.0 Å². The molecule has 1 saturated carbocycles. The van der Waals surface area contributed by atoms with Gasteiger partial charge in [0.1, 0.15) is 12.4 Å². The monoisotopic (exact) mass is 701 g/mol. The van der Waals surface area contributed by atoms with Crippen molar-refractivity contribution in [3.8, 4) is 5.75 Å². The fourth-order valence-electron chi connectivity index (χ4n) is 7.75. The number of rotatable bonds is 8. The van der Waals surface area contributed by atoms with Crippen LogP contribution in [0.1, 0.15) is 24.3 Å². The number of nitrogens with zero attached hydrogens (tertiary/aromatic N) is 5. The van der Waals surface area contributed by atoms with Crippen LogP contribution in [0.5, 0.6) is 5.75 Å². The third-order valence-electron chi connectivity index (χ3n) is 9.74. The lowest BCUT2D eigenvalue weighted by Crippen LogP contribution is -2.60. The van der Waals surface area contributed by atoms with E-state index in [-0.39, 0.29) is 37.4 Å². The van der Waals surface area contributed by atoms with Crippen LogP contribution in [0.2, 0.25) is 0 Å². The lowest BCUT2D eigenvalue weighted by Gasteiger charge is -2.50. The van der Waals surface area contributed by atoms with Gasteiger partial charge in [0.25, 0.3) is 11.8 Å². The zero-order valence-electron chi connectivity index (χ0n) is 25.8. The average molecular weight is 703 g/mol. The van der Waals surface area contributed by atoms with Crippen LogP contribution in [0.15, 0.2) is 48.0 Å². The smallest absolute Gasteiger partial charge is 0.301 e.